The number of hydrogen-bond donors (Lipinski definition) is 2. The van der Waals surface area contributed by atoms with Crippen LogP contribution in [-0.2, 0) is 0 Å². The Bertz CT molecular complexity index is 800. The molecule has 0 aliphatic heterocycles. The fraction of sp³-hybridized carbons (Fsp3) is 0.238. The van der Waals surface area contributed by atoms with Crippen molar-refractivity contribution in [3.63, 3.8) is 0 Å². The Morgan fingerprint density at radius 1 is 0.885 bits per heavy atom. The van der Waals surface area contributed by atoms with Crippen LogP contribution in [0.25, 0.3) is 11.1 Å². The van der Waals surface area contributed by atoms with Gasteiger partial charge in [0.1, 0.15) is 5.82 Å². The quantitative estimate of drug-likeness (QED) is 0.597. The van der Waals surface area contributed by atoms with Crippen molar-refractivity contribution in [2.75, 3.05) is 37.8 Å². The molecule has 0 aliphatic rings. The summed E-state index contributed by atoms with van der Waals surface area (Å²) >= 11 is 0. The molecule has 5 nitrogen and oxygen atoms in total. The minimum Gasteiger partial charge on any atom is -0.370 e. The molecule has 0 amide bonds. The summed E-state index contributed by atoms with van der Waals surface area (Å²) in [7, 11) is 4.16. The summed E-state index contributed by atoms with van der Waals surface area (Å²) in [5.74, 6) is 1.43. The lowest BCUT2D eigenvalue weighted by molar-refractivity contribution is 0.405. The molecule has 0 unspecified atom stereocenters. The van der Waals surface area contributed by atoms with E-state index in [4.69, 9.17) is 0 Å². The van der Waals surface area contributed by atoms with Crippen LogP contribution in [0, 0.1) is 0 Å². The SMILES string of the molecule is CN(C)CCCNc1ccnc(Nc2ccc(-c3ccccc3)cc2)n1. The van der Waals surface area contributed by atoms with Gasteiger partial charge in [0.15, 0.2) is 0 Å². The third kappa shape index (κ3) is 5.29. The van der Waals surface area contributed by atoms with E-state index in [1.807, 2.05) is 36.4 Å². The first-order valence-electron chi connectivity index (χ1n) is 8.85. The molecule has 3 rings (SSSR count). The standard InChI is InChI=1S/C21H25N5/c1-26(2)16-6-14-22-20-13-15-23-21(25-20)24-19-11-9-18(10-12-19)17-7-4-3-5-8-17/h3-5,7-13,15H,6,14,16H2,1-2H3,(H2,22,23,24,25). The maximum atomic E-state index is 4.52. The summed E-state index contributed by atoms with van der Waals surface area (Å²) < 4.78 is 0. The predicted molar refractivity (Wildman–Crippen MR) is 109 cm³/mol. The highest BCUT2D eigenvalue weighted by Gasteiger charge is 2.02. The van der Waals surface area contributed by atoms with Gasteiger partial charge >= 0.3 is 0 Å². The molecule has 0 bridgehead atoms. The number of nitrogens with one attached hydrogen (secondary N) is 2. The molecular weight excluding hydrogens is 322 g/mol. The number of rotatable bonds is 8. The van der Waals surface area contributed by atoms with Gasteiger partial charge in [0.25, 0.3) is 0 Å². The second-order valence-corrected chi connectivity index (χ2v) is 6.42. The first-order valence-corrected chi connectivity index (χ1v) is 8.85. The van der Waals surface area contributed by atoms with E-state index < -0.39 is 0 Å². The number of nitrogens with zero attached hydrogens (tertiary/aromatic N) is 3. The summed E-state index contributed by atoms with van der Waals surface area (Å²) in [6.45, 7) is 1.94. The topological polar surface area (TPSA) is 53.1 Å². The second kappa shape index (κ2) is 8.97. The van der Waals surface area contributed by atoms with Gasteiger partial charge in [-0.15, -0.1) is 0 Å². The third-order valence-electron chi connectivity index (χ3n) is 3.99. The van der Waals surface area contributed by atoms with Crippen molar-refractivity contribution in [1.29, 1.82) is 0 Å². The summed E-state index contributed by atoms with van der Waals surface area (Å²) in [4.78, 5) is 11.0. The van der Waals surface area contributed by atoms with E-state index in [1.165, 1.54) is 11.1 Å². The van der Waals surface area contributed by atoms with Gasteiger partial charge in [-0.2, -0.15) is 4.98 Å². The Labute approximate surface area is 155 Å². The average molecular weight is 347 g/mol. The number of benzene rings is 2. The molecule has 0 spiro atoms. The Kier molecular flexibility index (Phi) is 6.17. The Morgan fingerprint density at radius 3 is 2.35 bits per heavy atom. The zero-order chi connectivity index (χ0) is 18.2. The van der Waals surface area contributed by atoms with E-state index in [1.54, 1.807) is 6.20 Å². The van der Waals surface area contributed by atoms with Crippen LogP contribution in [0.1, 0.15) is 6.42 Å². The molecule has 5 heteroatoms. The van der Waals surface area contributed by atoms with Crippen molar-refractivity contribution in [2.24, 2.45) is 0 Å². The van der Waals surface area contributed by atoms with Crippen LogP contribution in [0.15, 0.2) is 66.9 Å². The molecule has 0 atom stereocenters. The molecule has 1 heterocycles. The average Bonchev–Trinajstić information content (AvgIpc) is 2.67. The molecule has 2 aromatic carbocycles. The molecule has 26 heavy (non-hydrogen) atoms. The lowest BCUT2D eigenvalue weighted by atomic mass is 10.1. The number of hydrogen-bond acceptors (Lipinski definition) is 5. The van der Waals surface area contributed by atoms with Gasteiger partial charge in [0.05, 0.1) is 0 Å². The Hall–Kier alpha value is -2.92. The monoisotopic (exact) mass is 347 g/mol. The van der Waals surface area contributed by atoms with Gasteiger partial charge in [-0.25, -0.2) is 4.98 Å². The normalized spacial score (nSPS) is 10.7. The summed E-state index contributed by atoms with van der Waals surface area (Å²) in [6.07, 6.45) is 2.84. The molecule has 3 aromatic rings. The molecule has 0 aliphatic carbocycles. The highest BCUT2D eigenvalue weighted by molar-refractivity contribution is 5.67. The first-order chi connectivity index (χ1) is 12.7. The molecule has 0 radical (unpaired) electrons. The van der Waals surface area contributed by atoms with Crippen LogP contribution in [0.4, 0.5) is 17.5 Å². The largest absolute Gasteiger partial charge is 0.370 e. The Morgan fingerprint density at radius 2 is 1.62 bits per heavy atom. The molecule has 2 N–H and O–H groups in total. The fourth-order valence-electron chi connectivity index (χ4n) is 2.63. The molecular formula is C21H25N5. The first kappa shape index (κ1) is 17.9. The number of aromatic nitrogens is 2. The van der Waals surface area contributed by atoms with Crippen molar-refractivity contribution in [2.45, 2.75) is 6.42 Å². The predicted octanol–water partition coefficient (Wildman–Crippen LogP) is 4.25. The minimum absolute atomic E-state index is 0.593. The van der Waals surface area contributed by atoms with Gasteiger partial charge in [0.2, 0.25) is 5.95 Å². The summed E-state index contributed by atoms with van der Waals surface area (Å²) in [6, 6.07) is 20.5. The number of anilines is 3. The van der Waals surface area contributed by atoms with E-state index >= 15 is 0 Å². The van der Waals surface area contributed by atoms with Crippen molar-refractivity contribution < 1.29 is 0 Å². The van der Waals surface area contributed by atoms with E-state index in [0.29, 0.717) is 5.95 Å². The highest BCUT2D eigenvalue weighted by atomic mass is 15.1. The van der Waals surface area contributed by atoms with Gasteiger partial charge in [-0.3, -0.25) is 0 Å². The smallest absolute Gasteiger partial charge is 0.229 e. The maximum Gasteiger partial charge on any atom is 0.229 e. The van der Waals surface area contributed by atoms with Crippen LogP contribution < -0.4 is 10.6 Å². The molecule has 1 aromatic heterocycles. The van der Waals surface area contributed by atoms with Crippen molar-refractivity contribution in [1.82, 2.24) is 14.9 Å². The van der Waals surface area contributed by atoms with E-state index in [2.05, 4.69) is 63.9 Å². The second-order valence-electron chi connectivity index (χ2n) is 6.42. The van der Waals surface area contributed by atoms with Crippen molar-refractivity contribution >= 4 is 17.5 Å². The molecule has 0 saturated heterocycles. The van der Waals surface area contributed by atoms with Gasteiger partial charge < -0.3 is 15.5 Å². The zero-order valence-corrected chi connectivity index (χ0v) is 15.3. The third-order valence-corrected chi connectivity index (χ3v) is 3.99. The molecule has 134 valence electrons. The fourth-order valence-corrected chi connectivity index (χ4v) is 2.63. The Balaban J connectivity index is 1.59. The summed E-state index contributed by atoms with van der Waals surface area (Å²) in [5, 5.41) is 6.60. The van der Waals surface area contributed by atoms with Crippen LogP contribution >= 0.6 is 0 Å². The summed E-state index contributed by atoms with van der Waals surface area (Å²) in [5.41, 5.74) is 3.36. The minimum atomic E-state index is 0.593. The van der Waals surface area contributed by atoms with Gasteiger partial charge in [-0.1, -0.05) is 42.5 Å². The van der Waals surface area contributed by atoms with E-state index in [9.17, 15) is 0 Å². The highest BCUT2D eigenvalue weighted by Crippen LogP contribution is 2.22. The van der Waals surface area contributed by atoms with Crippen LogP contribution in [0.5, 0.6) is 0 Å². The van der Waals surface area contributed by atoms with Crippen LogP contribution in [0.2, 0.25) is 0 Å². The van der Waals surface area contributed by atoms with Crippen molar-refractivity contribution in [3.05, 3.63) is 66.9 Å². The molecule has 0 saturated carbocycles. The lowest BCUT2D eigenvalue weighted by Gasteiger charge is -2.11. The van der Waals surface area contributed by atoms with E-state index in [-0.39, 0.29) is 0 Å². The van der Waals surface area contributed by atoms with Crippen molar-refractivity contribution in [3.8, 4) is 11.1 Å². The van der Waals surface area contributed by atoms with E-state index in [0.717, 1.165) is 31.0 Å². The van der Waals surface area contributed by atoms with Gasteiger partial charge in [-0.05, 0) is 56.4 Å². The molecule has 0 fully saturated rings. The van der Waals surface area contributed by atoms with Gasteiger partial charge in [0, 0.05) is 18.4 Å². The lowest BCUT2D eigenvalue weighted by Crippen LogP contribution is -2.16. The maximum absolute atomic E-state index is 4.52. The van der Waals surface area contributed by atoms with Crippen LogP contribution in [0.3, 0.4) is 0 Å². The van der Waals surface area contributed by atoms with Crippen LogP contribution in [-0.4, -0.2) is 42.1 Å². The zero-order valence-electron chi connectivity index (χ0n) is 15.3.